The number of carbonyl (C=O) groups excluding carboxylic acids is 2. The van der Waals surface area contributed by atoms with Crippen molar-refractivity contribution in [2.45, 2.75) is 38.8 Å². The Labute approximate surface area is 138 Å². The first-order chi connectivity index (χ1) is 10.7. The van der Waals surface area contributed by atoms with Gasteiger partial charge in [-0.1, -0.05) is 0 Å². The predicted octanol–water partition coefficient (Wildman–Crippen LogP) is 2.62. The number of oxazole rings is 1. The Morgan fingerprint density at radius 1 is 1.43 bits per heavy atom. The fourth-order valence-electron chi connectivity index (χ4n) is 2.81. The number of rotatable bonds is 2. The van der Waals surface area contributed by atoms with E-state index in [2.05, 4.69) is 10.3 Å². The zero-order valence-corrected chi connectivity index (χ0v) is 14.1. The van der Waals surface area contributed by atoms with Gasteiger partial charge in [-0.25, -0.2) is 0 Å². The van der Waals surface area contributed by atoms with Gasteiger partial charge >= 0.3 is 0 Å². The quantitative estimate of drug-likeness (QED) is 0.828. The van der Waals surface area contributed by atoms with Crippen molar-refractivity contribution in [1.29, 1.82) is 0 Å². The van der Waals surface area contributed by atoms with Crippen molar-refractivity contribution in [3.63, 3.8) is 0 Å². The number of carbonyl (C=O) groups is 2. The highest BCUT2D eigenvalue weighted by Crippen LogP contribution is 2.22. The van der Waals surface area contributed by atoms with E-state index in [9.17, 15) is 9.59 Å². The maximum Gasteiger partial charge on any atom is 0.266 e. The normalized spacial score (nSPS) is 18.7. The average molecular weight is 333 g/mol. The molecule has 6 nitrogen and oxygen atoms in total. The summed E-state index contributed by atoms with van der Waals surface area (Å²) in [7, 11) is 0. The number of fused-ring (bicyclic) bond motifs is 1. The van der Waals surface area contributed by atoms with Gasteiger partial charge in [0.15, 0.2) is 5.58 Å². The van der Waals surface area contributed by atoms with Gasteiger partial charge in [0.05, 0.1) is 11.6 Å². The van der Waals surface area contributed by atoms with E-state index in [0.717, 1.165) is 5.52 Å². The molecular formula is C16H19N3O3S. The van der Waals surface area contributed by atoms with E-state index in [4.69, 9.17) is 16.6 Å². The summed E-state index contributed by atoms with van der Waals surface area (Å²) < 4.78 is 5.32. The smallest absolute Gasteiger partial charge is 0.266 e. The molecule has 1 aromatic carbocycles. The lowest BCUT2D eigenvalue weighted by atomic mass is 10.1. The lowest BCUT2D eigenvalue weighted by molar-refractivity contribution is -0.131. The van der Waals surface area contributed by atoms with Crippen LogP contribution in [0.1, 0.15) is 37.6 Å². The number of nitrogens with one attached hydrogen (secondary N) is 2. The van der Waals surface area contributed by atoms with Crippen molar-refractivity contribution in [3.05, 3.63) is 28.6 Å². The molecule has 1 saturated heterocycles. The molecule has 2 amide bonds. The number of nitrogens with zero attached hydrogens (tertiary/aromatic N) is 1. The van der Waals surface area contributed by atoms with Crippen LogP contribution in [-0.4, -0.2) is 39.8 Å². The van der Waals surface area contributed by atoms with E-state index in [-0.39, 0.29) is 28.2 Å². The van der Waals surface area contributed by atoms with Crippen LogP contribution in [0.25, 0.3) is 11.1 Å². The van der Waals surface area contributed by atoms with Crippen molar-refractivity contribution in [3.8, 4) is 0 Å². The third kappa shape index (κ3) is 3.14. The molecule has 2 N–H and O–H groups in total. The molecule has 2 heterocycles. The Balaban J connectivity index is 1.73. The van der Waals surface area contributed by atoms with Crippen molar-refractivity contribution in [1.82, 2.24) is 15.2 Å². The Kier molecular flexibility index (Phi) is 3.75. The highest BCUT2D eigenvalue weighted by molar-refractivity contribution is 7.71. The monoisotopic (exact) mass is 333 g/mol. The maximum atomic E-state index is 12.4. The minimum atomic E-state index is -0.237. The second-order valence-corrected chi connectivity index (χ2v) is 7.15. The third-order valence-electron chi connectivity index (χ3n) is 3.95. The van der Waals surface area contributed by atoms with Crippen molar-refractivity contribution >= 4 is 35.1 Å². The van der Waals surface area contributed by atoms with E-state index in [1.165, 1.54) is 0 Å². The fourth-order valence-corrected chi connectivity index (χ4v) is 3.01. The average Bonchev–Trinajstić information content (AvgIpc) is 2.98. The largest absolute Gasteiger partial charge is 0.429 e. The lowest BCUT2D eigenvalue weighted by Gasteiger charge is -2.32. The number of H-pyrrole nitrogens is 1. The zero-order chi connectivity index (χ0) is 16.8. The summed E-state index contributed by atoms with van der Waals surface area (Å²) in [6, 6.07) is 4.93. The molecule has 3 rings (SSSR count). The van der Waals surface area contributed by atoms with Gasteiger partial charge in [0.2, 0.25) is 5.91 Å². The summed E-state index contributed by atoms with van der Waals surface area (Å²) in [5.41, 5.74) is 1.54. The van der Waals surface area contributed by atoms with Crippen LogP contribution in [0.2, 0.25) is 0 Å². The summed E-state index contributed by atoms with van der Waals surface area (Å²) >= 11 is 4.93. The molecule has 7 heteroatoms. The molecule has 1 unspecified atom stereocenters. The standard InChI is InChI=1S/C16H19N3O3S/c1-16(2,3)19-8-10(7-13(19)20)17-14(21)9-4-5-11-12(6-9)22-15(23)18-11/h4-6,10H,7-8H2,1-3H3,(H,17,21)(H,18,23). The molecule has 0 radical (unpaired) electrons. The summed E-state index contributed by atoms with van der Waals surface area (Å²) in [6.45, 7) is 6.50. The first kappa shape index (κ1) is 15.7. The van der Waals surface area contributed by atoms with Crippen LogP contribution in [0.3, 0.4) is 0 Å². The number of hydrogen-bond acceptors (Lipinski definition) is 4. The van der Waals surface area contributed by atoms with E-state index in [0.29, 0.717) is 24.1 Å². The number of benzene rings is 1. The topological polar surface area (TPSA) is 78.3 Å². The summed E-state index contributed by atoms with van der Waals surface area (Å²) in [5, 5.41) is 2.92. The maximum absolute atomic E-state index is 12.4. The minimum Gasteiger partial charge on any atom is -0.429 e. The molecule has 1 fully saturated rings. The van der Waals surface area contributed by atoms with Crippen LogP contribution in [0, 0.1) is 4.84 Å². The molecule has 1 atom stereocenters. The molecule has 23 heavy (non-hydrogen) atoms. The van der Waals surface area contributed by atoms with Crippen LogP contribution in [-0.2, 0) is 4.79 Å². The Bertz CT molecular complexity index is 831. The number of likely N-dealkylation sites (tertiary alicyclic amines) is 1. The van der Waals surface area contributed by atoms with E-state index < -0.39 is 0 Å². The molecule has 0 spiro atoms. The molecule has 0 bridgehead atoms. The number of hydrogen-bond donors (Lipinski definition) is 2. The van der Waals surface area contributed by atoms with Crippen molar-refractivity contribution in [2.75, 3.05) is 6.54 Å². The van der Waals surface area contributed by atoms with Gasteiger partial charge in [-0.2, -0.15) is 0 Å². The number of aromatic nitrogens is 1. The minimum absolute atomic E-state index is 0.0645. The zero-order valence-electron chi connectivity index (χ0n) is 13.3. The summed E-state index contributed by atoms with van der Waals surface area (Å²) in [5.74, 6) is -0.155. The molecule has 1 aliphatic heterocycles. The van der Waals surface area contributed by atoms with Gasteiger partial charge in [-0.15, -0.1) is 0 Å². The first-order valence-corrected chi connectivity index (χ1v) is 7.89. The summed E-state index contributed by atoms with van der Waals surface area (Å²) in [4.78, 5) is 29.4. The van der Waals surface area contributed by atoms with E-state index in [1.807, 2.05) is 20.8 Å². The van der Waals surface area contributed by atoms with Gasteiger partial charge in [0.25, 0.3) is 10.7 Å². The molecule has 1 aromatic heterocycles. The summed E-state index contributed by atoms with van der Waals surface area (Å²) in [6.07, 6.45) is 0.329. The van der Waals surface area contributed by atoms with Crippen LogP contribution < -0.4 is 5.32 Å². The Morgan fingerprint density at radius 2 is 2.17 bits per heavy atom. The van der Waals surface area contributed by atoms with Crippen molar-refractivity contribution < 1.29 is 14.0 Å². The van der Waals surface area contributed by atoms with Gasteiger partial charge in [0, 0.05) is 24.1 Å². The molecule has 0 aliphatic carbocycles. The fraction of sp³-hybridized carbons (Fsp3) is 0.438. The second kappa shape index (κ2) is 5.49. The van der Waals surface area contributed by atoms with Crippen LogP contribution in [0.15, 0.2) is 22.6 Å². The Morgan fingerprint density at radius 3 is 2.83 bits per heavy atom. The van der Waals surface area contributed by atoms with Gasteiger partial charge in [0.1, 0.15) is 0 Å². The lowest BCUT2D eigenvalue weighted by Crippen LogP contribution is -2.44. The highest BCUT2D eigenvalue weighted by Gasteiger charge is 2.36. The molecule has 122 valence electrons. The number of aromatic amines is 1. The van der Waals surface area contributed by atoms with Crippen LogP contribution in [0.4, 0.5) is 0 Å². The molecule has 1 aliphatic rings. The predicted molar refractivity (Wildman–Crippen MR) is 88.7 cm³/mol. The van der Waals surface area contributed by atoms with E-state index >= 15 is 0 Å². The van der Waals surface area contributed by atoms with Gasteiger partial charge in [-0.3, -0.25) is 9.59 Å². The van der Waals surface area contributed by atoms with Gasteiger partial charge < -0.3 is 19.6 Å². The Hall–Kier alpha value is -2.15. The second-order valence-electron chi connectivity index (χ2n) is 6.78. The number of amides is 2. The van der Waals surface area contributed by atoms with Gasteiger partial charge in [-0.05, 0) is 51.2 Å². The first-order valence-electron chi connectivity index (χ1n) is 7.48. The van der Waals surface area contributed by atoms with E-state index in [1.54, 1.807) is 23.1 Å². The third-order valence-corrected chi connectivity index (χ3v) is 4.14. The van der Waals surface area contributed by atoms with Crippen LogP contribution >= 0.6 is 12.2 Å². The SMILES string of the molecule is CC(C)(C)N1CC(NC(=O)c2ccc3[nH]c(=S)oc3c2)CC1=O. The molecule has 0 saturated carbocycles. The van der Waals surface area contributed by atoms with Crippen LogP contribution in [0.5, 0.6) is 0 Å². The molecular weight excluding hydrogens is 314 g/mol. The van der Waals surface area contributed by atoms with Crippen molar-refractivity contribution in [2.24, 2.45) is 0 Å². The highest BCUT2D eigenvalue weighted by atomic mass is 32.1. The molecule has 2 aromatic rings.